The molecule has 2 aliphatic rings. The second-order valence-electron chi connectivity index (χ2n) is 11.4. The number of benzene rings is 2. The van der Waals surface area contributed by atoms with Crippen molar-refractivity contribution in [2.75, 3.05) is 38.7 Å². The number of hydrogen-bond donors (Lipinski definition) is 1. The number of para-hydroxylation sites is 1. The lowest BCUT2D eigenvalue weighted by atomic mass is 9.73. The van der Waals surface area contributed by atoms with E-state index in [1.807, 2.05) is 60.3 Å². The van der Waals surface area contributed by atoms with Crippen molar-refractivity contribution in [2.24, 2.45) is 11.3 Å². The van der Waals surface area contributed by atoms with Crippen LogP contribution in [0.2, 0.25) is 0 Å². The first-order valence-electron chi connectivity index (χ1n) is 13.9. The van der Waals surface area contributed by atoms with Gasteiger partial charge < -0.3 is 19.9 Å². The molecule has 37 heavy (non-hydrogen) atoms. The maximum atomic E-state index is 13.8. The fraction of sp³-hybridized carbons (Fsp3) is 0.548. The van der Waals surface area contributed by atoms with Gasteiger partial charge in [0.1, 0.15) is 12.4 Å². The van der Waals surface area contributed by atoms with Crippen molar-refractivity contribution in [1.82, 2.24) is 10.2 Å². The molecule has 2 aromatic rings. The Morgan fingerprint density at radius 3 is 2.57 bits per heavy atom. The second-order valence-corrected chi connectivity index (χ2v) is 11.4. The number of ether oxygens (including phenoxy) is 1. The Morgan fingerprint density at radius 1 is 1.08 bits per heavy atom. The zero-order valence-electron chi connectivity index (χ0n) is 23.0. The summed E-state index contributed by atoms with van der Waals surface area (Å²) >= 11 is 0. The highest BCUT2D eigenvalue weighted by Gasteiger charge is 2.42. The highest BCUT2D eigenvalue weighted by molar-refractivity contribution is 5.95. The van der Waals surface area contributed by atoms with E-state index in [1.54, 1.807) is 0 Å². The van der Waals surface area contributed by atoms with Crippen LogP contribution in [0.1, 0.15) is 68.3 Å². The molecule has 1 N–H and O–H groups in total. The van der Waals surface area contributed by atoms with E-state index in [9.17, 15) is 9.59 Å². The fourth-order valence-electron chi connectivity index (χ4n) is 5.72. The van der Waals surface area contributed by atoms with E-state index >= 15 is 0 Å². The largest absolute Gasteiger partial charge is 0.491 e. The van der Waals surface area contributed by atoms with Gasteiger partial charge in [-0.1, -0.05) is 44.5 Å². The van der Waals surface area contributed by atoms with Crippen molar-refractivity contribution in [3.63, 3.8) is 0 Å². The van der Waals surface area contributed by atoms with Crippen LogP contribution in [0.5, 0.6) is 5.75 Å². The Kier molecular flexibility index (Phi) is 8.78. The molecular weight excluding hydrogens is 462 g/mol. The molecule has 1 atom stereocenters. The van der Waals surface area contributed by atoms with Crippen molar-refractivity contribution >= 4 is 17.5 Å². The lowest BCUT2D eigenvalue weighted by molar-refractivity contribution is -0.135. The summed E-state index contributed by atoms with van der Waals surface area (Å²) < 4.78 is 6.25. The van der Waals surface area contributed by atoms with Crippen molar-refractivity contribution < 1.29 is 14.3 Å². The van der Waals surface area contributed by atoms with Gasteiger partial charge in [-0.3, -0.25) is 9.59 Å². The molecule has 0 bridgehead atoms. The number of likely N-dealkylation sites (tertiary alicyclic amines) is 1. The highest BCUT2D eigenvalue weighted by Crippen LogP contribution is 2.38. The Bertz CT molecular complexity index is 1070. The number of piperidine rings is 1. The maximum absolute atomic E-state index is 13.8. The number of amides is 2. The molecule has 0 aromatic heterocycles. The van der Waals surface area contributed by atoms with Crippen LogP contribution >= 0.6 is 0 Å². The molecule has 2 aliphatic heterocycles. The number of rotatable bonds is 4. The Morgan fingerprint density at radius 2 is 1.84 bits per heavy atom. The third-order valence-corrected chi connectivity index (χ3v) is 7.95. The van der Waals surface area contributed by atoms with E-state index in [-0.39, 0.29) is 17.9 Å². The molecular formula is C31H43N3O3. The molecule has 2 aromatic carbocycles. The number of anilines is 1. The Balaban J connectivity index is 1.49. The first kappa shape index (κ1) is 27.0. The zero-order valence-corrected chi connectivity index (χ0v) is 23.0. The monoisotopic (exact) mass is 505 g/mol. The van der Waals surface area contributed by atoms with Crippen LogP contribution in [0.3, 0.4) is 0 Å². The van der Waals surface area contributed by atoms with Crippen molar-refractivity contribution in [3.8, 4) is 5.75 Å². The maximum Gasteiger partial charge on any atom is 0.253 e. The summed E-state index contributed by atoms with van der Waals surface area (Å²) in [6.07, 6.45) is 6.08. The van der Waals surface area contributed by atoms with Crippen molar-refractivity contribution in [1.29, 1.82) is 0 Å². The minimum absolute atomic E-state index is 0.0368. The Labute approximate surface area is 222 Å². The van der Waals surface area contributed by atoms with Crippen LogP contribution in [0.15, 0.2) is 48.5 Å². The lowest BCUT2D eigenvalue weighted by Crippen LogP contribution is -2.53. The van der Waals surface area contributed by atoms with Crippen LogP contribution in [-0.2, 0) is 11.2 Å². The van der Waals surface area contributed by atoms with Crippen LogP contribution in [0, 0.1) is 11.3 Å². The number of nitrogens with zero attached hydrogens (tertiary/aromatic N) is 2. The molecule has 6 heteroatoms. The summed E-state index contributed by atoms with van der Waals surface area (Å²) in [4.78, 5) is 31.1. The summed E-state index contributed by atoms with van der Waals surface area (Å²) in [5.41, 5.74) is 2.53. The molecule has 1 spiro atoms. The summed E-state index contributed by atoms with van der Waals surface area (Å²) in [5.74, 6) is 1.57. The van der Waals surface area contributed by atoms with Gasteiger partial charge in [0.15, 0.2) is 0 Å². The molecule has 0 saturated carbocycles. The molecule has 0 radical (unpaired) electrons. The number of carbonyl (C=O) groups excluding carboxylic acids is 2. The number of carbonyl (C=O) groups is 2. The summed E-state index contributed by atoms with van der Waals surface area (Å²) in [6.45, 7) is 6.05. The van der Waals surface area contributed by atoms with Gasteiger partial charge in [-0.15, -0.1) is 0 Å². The molecule has 0 unspecified atom stereocenters. The van der Waals surface area contributed by atoms with Gasteiger partial charge >= 0.3 is 0 Å². The standard InChI is InChI=1S/C31H43N3O3/c1-23(2)20-26-22-37-28-14-6-5-10-24(28)11-7-8-15-31(30(36)32-26)16-18-34(19-17-31)29(35)25-12-9-13-27(21-25)33(3)4/h5-6,9-10,12-14,21,23,26H,7-8,11,15-20,22H2,1-4H3,(H,32,36)/t26-/m0/s1. The average molecular weight is 506 g/mol. The molecule has 200 valence electrons. The third-order valence-electron chi connectivity index (χ3n) is 7.95. The van der Waals surface area contributed by atoms with E-state index in [0.29, 0.717) is 44.0 Å². The first-order valence-corrected chi connectivity index (χ1v) is 13.9. The zero-order chi connectivity index (χ0) is 26.4. The van der Waals surface area contributed by atoms with E-state index < -0.39 is 5.41 Å². The van der Waals surface area contributed by atoms with E-state index in [4.69, 9.17) is 4.74 Å². The lowest BCUT2D eigenvalue weighted by Gasteiger charge is -2.42. The summed E-state index contributed by atoms with van der Waals surface area (Å²) in [7, 11) is 3.96. The summed E-state index contributed by atoms with van der Waals surface area (Å²) in [6, 6.07) is 16.0. The summed E-state index contributed by atoms with van der Waals surface area (Å²) in [5, 5.41) is 3.38. The average Bonchev–Trinajstić information content (AvgIpc) is 2.89. The van der Waals surface area contributed by atoms with Crippen LogP contribution < -0.4 is 15.0 Å². The van der Waals surface area contributed by atoms with Crippen LogP contribution in [-0.4, -0.2) is 56.5 Å². The normalized spacial score (nSPS) is 20.3. The molecule has 6 nitrogen and oxygen atoms in total. The number of nitrogens with one attached hydrogen (secondary N) is 1. The van der Waals surface area contributed by atoms with Gasteiger partial charge in [0.25, 0.3) is 5.91 Å². The Hall–Kier alpha value is -3.02. The molecule has 1 saturated heterocycles. The first-order chi connectivity index (χ1) is 17.8. The predicted octanol–water partition coefficient (Wildman–Crippen LogP) is 5.31. The minimum Gasteiger partial charge on any atom is -0.491 e. The second kappa shape index (κ2) is 12.0. The quantitative estimate of drug-likeness (QED) is 0.612. The number of aryl methyl sites for hydroxylation is 1. The van der Waals surface area contributed by atoms with Crippen LogP contribution in [0.4, 0.5) is 5.69 Å². The van der Waals surface area contributed by atoms with Crippen LogP contribution in [0.25, 0.3) is 0 Å². The van der Waals surface area contributed by atoms with Gasteiger partial charge in [0.2, 0.25) is 5.91 Å². The van der Waals surface area contributed by atoms with E-state index in [1.165, 1.54) is 5.56 Å². The minimum atomic E-state index is -0.434. The van der Waals surface area contributed by atoms with Gasteiger partial charge in [-0.05, 0) is 74.3 Å². The molecule has 2 amide bonds. The van der Waals surface area contributed by atoms with Crippen molar-refractivity contribution in [2.45, 2.75) is 64.8 Å². The molecule has 1 fully saturated rings. The number of fused-ring (bicyclic) bond motifs is 1. The van der Waals surface area contributed by atoms with Gasteiger partial charge in [-0.2, -0.15) is 0 Å². The highest BCUT2D eigenvalue weighted by atomic mass is 16.5. The molecule has 2 heterocycles. The fourth-order valence-corrected chi connectivity index (χ4v) is 5.72. The van der Waals surface area contributed by atoms with Crippen molar-refractivity contribution in [3.05, 3.63) is 59.7 Å². The molecule has 4 rings (SSSR count). The molecule has 0 aliphatic carbocycles. The van der Waals surface area contributed by atoms with Gasteiger partial charge in [0, 0.05) is 38.4 Å². The topological polar surface area (TPSA) is 61.9 Å². The smallest absolute Gasteiger partial charge is 0.253 e. The van der Waals surface area contributed by atoms with E-state index in [2.05, 4.69) is 31.3 Å². The third kappa shape index (κ3) is 6.65. The van der Waals surface area contributed by atoms with Gasteiger partial charge in [0.05, 0.1) is 11.5 Å². The predicted molar refractivity (Wildman–Crippen MR) is 149 cm³/mol. The number of hydrogen-bond acceptors (Lipinski definition) is 4. The van der Waals surface area contributed by atoms with Gasteiger partial charge in [-0.25, -0.2) is 0 Å². The SMILES string of the molecule is CC(C)C[C@H]1COc2ccccc2CCCCC2(CCN(C(=O)c3cccc(N(C)C)c3)CC2)C(=O)N1. The van der Waals surface area contributed by atoms with E-state index in [0.717, 1.165) is 43.5 Å².